The van der Waals surface area contributed by atoms with Gasteiger partial charge in [0, 0.05) is 20.3 Å². The molecular weight excluding hydrogens is 350 g/mol. The van der Waals surface area contributed by atoms with Crippen molar-refractivity contribution in [2.24, 2.45) is 0 Å². The van der Waals surface area contributed by atoms with Crippen LogP contribution in [0.2, 0.25) is 0 Å². The number of hydrogen-bond donors (Lipinski definition) is 1. The Hall–Kier alpha value is -1.12. The predicted molar refractivity (Wildman–Crippen MR) is 81.4 cm³/mol. The van der Waals surface area contributed by atoms with Crippen molar-refractivity contribution in [1.29, 1.82) is 0 Å². The summed E-state index contributed by atoms with van der Waals surface area (Å²) in [5, 5.41) is 0. The summed E-state index contributed by atoms with van der Waals surface area (Å²) in [6.45, 7) is 0. The van der Waals surface area contributed by atoms with Crippen LogP contribution in [0.15, 0.2) is 38.5 Å². The van der Waals surface area contributed by atoms with E-state index in [1.54, 1.807) is 35.4 Å². The highest BCUT2D eigenvalue weighted by atomic mass is 79.9. The lowest BCUT2D eigenvalue weighted by molar-refractivity contribution is 0.603. The van der Waals surface area contributed by atoms with Gasteiger partial charge in [-0.3, -0.25) is 4.72 Å². The molecule has 1 N–H and O–H groups in total. The summed E-state index contributed by atoms with van der Waals surface area (Å²) < 4.78 is 28.0. The van der Waals surface area contributed by atoms with E-state index in [0.717, 1.165) is 15.1 Å². The van der Waals surface area contributed by atoms with Gasteiger partial charge in [0.2, 0.25) is 0 Å². The number of halogens is 1. The smallest absolute Gasteiger partial charge is 0.271 e. The van der Waals surface area contributed by atoms with Crippen LogP contribution in [0.5, 0.6) is 0 Å². The first kappa shape index (κ1) is 14.3. The fourth-order valence-corrected chi connectivity index (χ4v) is 4.54. The minimum atomic E-state index is -3.58. The highest BCUT2D eigenvalue weighted by Crippen LogP contribution is 2.29. The molecule has 0 atom stereocenters. The second-order valence-corrected chi connectivity index (χ2v) is 8.31. The van der Waals surface area contributed by atoms with Crippen LogP contribution in [0.25, 0.3) is 0 Å². The van der Waals surface area contributed by atoms with Crippen molar-refractivity contribution in [1.82, 2.24) is 4.98 Å². The molecule has 0 spiro atoms. The van der Waals surface area contributed by atoms with Crippen LogP contribution < -0.4 is 9.62 Å². The number of nitrogens with zero attached hydrogens (tertiary/aromatic N) is 2. The Morgan fingerprint density at radius 2 is 2.05 bits per heavy atom. The van der Waals surface area contributed by atoms with E-state index in [0.29, 0.717) is 11.5 Å². The lowest BCUT2D eigenvalue weighted by Crippen LogP contribution is -2.17. The van der Waals surface area contributed by atoms with Gasteiger partial charge < -0.3 is 4.90 Å². The van der Waals surface area contributed by atoms with Gasteiger partial charge in [-0.1, -0.05) is 0 Å². The Balaban J connectivity index is 2.36. The van der Waals surface area contributed by atoms with Crippen molar-refractivity contribution in [3.05, 3.63) is 34.2 Å². The molecule has 0 fully saturated rings. The van der Waals surface area contributed by atoms with Gasteiger partial charge in [-0.2, -0.15) is 0 Å². The van der Waals surface area contributed by atoms with Crippen LogP contribution in [0.3, 0.4) is 0 Å². The molecule has 0 aliphatic rings. The summed E-state index contributed by atoms with van der Waals surface area (Å²) in [6.07, 6.45) is 1.62. The van der Waals surface area contributed by atoms with Crippen molar-refractivity contribution in [3.8, 4) is 0 Å². The number of pyridine rings is 1. The highest BCUT2D eigenvalue weighted by Gasteiger charge is 2.18. The standard InChI is InChI=1S/C11H12BrN3O2S2/c1-15(2)11-8(4-3-7-13-11)14-19(16,17)10-6-5-9(12)18-10/h3-7,14H,1-2H3. The number of rotatable bonds is 4. The lowest BCUT2D eigenvalue weighted by Gasteiger charge is -2.16. The summed E-state index contributed by atoms with van der Waals surface area (Å²) in [4.78, 5) is 5.91. The minimum absolute atomic E-state index is 0.257. The fraction of sp³-hybridized carbons (Fsp3) is 0.182. The molecule has 2 aromatic heterocycles. The first-order valence-electron chi connectivity index (χ1n) is 5.30. The molecular formula is C11H12BrN3O2S2. The van der Waals surface area contributed by atoms with Gasteiger partial charge in [0.05, 0.1) is 9.47 Å². The van der Waals surface area contributed by atoms with Crippen molar-refractivity contribution in [3.63, 3.8) is 0 Å². The molecule has 0 aliphatic carbocycles. The van der Waals surface area contributed by atoms with Crippen LogP contribution >= 0.6 is 27.3 Å². The molecule has 0 amide bonds. The number of thiophene rings is 1. The SMILES string of the molecule is CN(C)c1ncccc1NS(=O)(=O)c1ccc(Br)s1. The molecule has 8 heteroatoms. The van der Waals surface area contributed by atoms with Gasteiger partial charge in [-0.15, -0.1) is 11.3 Å². The minimum Gasteiger partial charge on any atom is -0.361 e. The maximum atomic E-state index is 12.2. The first-order chi connectivity index (χ1) is 8.90. The zero-order valence-corrected chi connectivity index (χ0v) is 13.5. The number of nitrogens with one attached hydrogen (secondary N) is 1. The second-order valence-electron chi connectivity index (χ2n) is 3.93. The average Bonchev–Trinajstić information content (AvgIpc) is 2.76. The zero-order chi connectivity index (χ0) is 14.0. The molecule has 0 aliphatic heterocycles. The summed E-state index contributed by atoms with van der Waals surface area (Å²) in [6, 6.07) is 6.63. The highest BCUT2D eigenvalue weighted by molar-refractivity contribution is 9.11. The number of sulfonamides is 1. The predicted octanol–water partition coefficient (Wildman–Crippen LogP) is 2.77. The summed E-state index contributed by atoms with van der Waals surface area (Å²) >= 11 is 4.41. The van der Waals surface area contributed by atoms with Gasteiger partial charge in [-0.25, -0.2) is 13.4 Å². The van der Waals surface area contributed by atoms with E-state index >= 15 is 0 Å². The average molecular weight is 362 g/mol. The van der Waals surface area contributed by atoms with Crippen LogP contribution in [0, 0.1) is 0 Å². The van der Waals surface area contributed by atoms with E-state index in [-0.39, 0.29) is 4.21 Å². The van der Waals surface area contributed by atoms with Crippen molar-refractivity contribution in [2.45, 2.75) is 4.21 Å². The Morgan fingerprint density at radius 3 is 2.63 bits per heavy atom. The molecule has 2 aromatic rings. The largest absolute Gasteiger partial charge is 0.361 e. The van der Waals surface area contributed by atoms with E-state index in [1.807, 2.05) is 14.1 Å². The molecule has 19 heavy (non-hydrogen) atoms. The van der Waals surface area contributed by atoms with Crippen LogP contribution in [-0.4, -0.2) is 27.5 Å². The van der Waals surface area contributed by atoms with Gasteiger partial charge in [0.25, 0.3) is 10.0 Å². The van der Waals surface area contributed by atoms with E-state index < -0.39 is 10.0 Å². The summed E-state index contributed by atoms with van der Waals surface area (Å²) in [7, 11) is 0.0381. The second kappa shape index (κ2) is 5.48. The van der Waals surface area contributed by atoms with E-state index in [1.165, 1.54) is 0 Å². The Kier molecular flexibility index (Phi) is 4.12. The lowest BCUT2D eigenvalue weighted by atomic mass is 10.4. The van der Waals surface area contributed by atoms with Gasteiger partial charge in [-0.05, 0) is 40.2 Å². The topological polar surface area (TPSA) is 62.3 Å². The molecule has 0 saturated carbocycles. The Bertz CT molecular complexity index is 683. The Morgan fingerprint density at radius 1 is 1.32 bits per heavy atom. The molecule has 2 heterocycles. The first-order valence-corrected chi connectivity index (χ1v) is 8.40. The third kappa shape index (κ3) is 3.26. The normalized spacial score (nSPS) is 11.3. The van der Waals surface area contributed by atoms with Gasteiger partial charge >= 0.3 is 0 Å². The zero-order valence-electron chi connectivity index (χ0n) is 10.3. The van der Waals surface area contributed by atoms with Crippen molar-refractivity contribution in [2.75, 3.05) is 23.7 Å². The Labute approximate surface area is 124 Å². The molecule has 0 aromatic carbocycles. The third-order valence-electron chi connectivity index (χ3n) is 2.27. The molecule has 5 nitrogen and oxygen atoms in total. The molecule has 0 unspecified atom stereocenters. The van der Waals surface area contributed by atoms with Gasteiger partial charge in [0.1, 0.15) is 4.21 Å². The van der Waals surface area contributed by atoms with E-state index in [9.17, 15) is 8.42 Å². The number of anilines is 2. The summed E-state index contributed by atoms with van der Waals surface area (Å²) in [5.74, 6) is 0.571. The maximum absolute atomic E-state index is 12.2. The van der Waals surface area contributed by atoms with Crippen molar-refractivity contribution < 1.29 is 8.42 Å². The monoisotopic (exact) mass is 361 g/mol. The maximum Gasteiger partial charge on any atom is 0.271 e. The molecule has 0 radical (unpaired) electrons. The van der Waals surface area contributed by atoms with Crippen LogP contribution in [-0.2, 0) is 10.0 Å². The fourth-order valence-electron chi connectivity index (χ4n) is 1.47. The number of aromatic nitrogens is 1. The van der Waals surface area contributed by atoms with Crippen LogP contribution in [0.4, 0.5) is 11.5 Å². The molecule has 0 saturated heterocycles. The molecule has 0 bridgehead atoms. The quantitative estimate of drug-likeness (QED) is 0.909. The van der Waals surface area contributed by atoms with Crippen LogP contribution in [0.1, 0.15) is 0 Å². The molecule has 102 valence electrons. The van der Waals surface area contributed by atoms with Gasteiger partial charge in [0.15, 0.2) is 5.82 Å². The van der Waals surface area contributed by atoms with E-state index in [4.69, 9.17) is 0 Å². The molecule has 2 rings (SSSR count). The summed E-state index contributed by atoms with van der Waals surface area (Å²) in [5.41, 5.74) is 0.456. The number of hydrogen-bond acceptors (Lipinski definition) is 5. The van der Waals surface area contributed by atoms with E-state index in [2.05, 4.69) is 25.6 Å². The third-order valence-corrected chi connectivity index (χ3v) is 5.75. The van der Waals surface area contributed by atoms with Crippen molar-refractivity contribution >= 4 is 48.8 Å².